The molecule has 0 aliphatic carbocycles. The van der Waals surface area contributed by atoms with E-state index in [0.717, 1.165) is 11.1 Å². The molecule has 3 aromatic rings. The number of esters is 1. The number of benzene rings is 3. The molecule has 140 valence electrons. The van der Waals surface area contributed by atoms with Crippen LogP contribution in [0.15, 0.2) is 72.8 Å². The average Bonchev–Trinajstić information content (AvgIpc) is 2.96. The quantitative estimate of drug-likeness (QED) is 0.562. The van der Waals surface area contributed by atoms with Crippen LogP contribution in [0.5, 0.6) is 0 Å². The van der Waals surface area contributed by atoms with Gasteiger partial charge in [0.25, 0.3) is 0 Å². The number of hydrogen-bond donors (Lipinski definition) is 1. The minimum atomic E-state index is -1.78. The van der Waals surface area contributed by atoms with E-state index in [4.69, 9.17) is 4.74 Å². The molecular weight excluding hydrogens is 352 g/mol. The fraction of sp³-hybridized carbons (Fsp3) is 0.167. The van der Waals surface area contributed by atoms with E-state index in [0.29, 0.717) is 11.1 Å². The van der Waals surface area contributed by atoms with Gasteiger partial charge in [-0.1, -0.05) is 72.8 Å². The van der Waals surface area contributed by atoms with E-state index < -0.39 is 23.5 Å². The third-order valence-electron chi connectivity index (χ3n) is 5.38. The first-order chi connectivity index (χ1) is 13.4. The summed E-state index contributed by atoms with van der Waals surface area (Å²) in [6.07, 6.45) is -1.78. The van der Waals surface area contributed by atoms with Gasteiger partial charge in [0.05, 0.1) is 0 Å². The lowest BCUT2D eigenvalue weighted by Crippen LogP contribution is -2.37. The normalized spacial score (nSPS) is 21.6. The molecule has 1 aliphatic heterocycles. The summed E-state index contributed by atoms with van der Waals surface area (Å²) in [5.41, 5.74) is 3.89. The Morgan fingerprint density at radius 1 is 0.786 bits per heavy atom. The molecule has 0 amide bonds. The first-order valence-electron chi connectivity index (χ1n) is 9.12. The zero-order valence-electron chi connectivity index (χ0n) is 15.7. The van der Waals surface area contributed by atoms with Crippen LogP contribution < -0.4 is 0 Å². The van der Waals surface area contributed by atoms with E-state index in [1.165, 1.54) is 11.1 Å². The maximum absolute atomic E-state index is 12.9. The average molecular weight is 372 g/mol. The number of aryl methyl sites for hydroxylation is 2. The largest absolute Gasteiger partial charge is 0.439 e. The Hall–Kier alpha value is -3.24. The molecule has 4 nitrogen and oxygen atoms in total. The summed E-state index contributed by atoms with van der Waals surface area (Å²) < 4.78 is 5.49. The number of Topliss-reactive ketones (excluding diaryl/α,β-unsaturated/α-hetero) is 1. The van der Waals surface area contributed by atoms with Gasteiger partial charge in [-0.3, -0.25) is 4.79 Å². The van der Waals surface area contributed by atoms with Crippen LogP contribution in [0.1, 0.15) is 22.3 Å². The highest BCUT2D eigenvalue weighted by Crippen LogP contribution is 2.41. The maximum Gasteiger partial charge on any atom is 0.344 e. The predicted molar refractivity (Wildman–Crippen MR) is 106 cm³/mol. The fourth-order valence-corrected chi connectivity index (χ4v) is 3.62. The smallest absolute Gasteiger partial charge is 0.344 e. The van der Waals surface area contributed by atoms with Gasteiger partial charge >= 0.3 is 5.97 Å². The molecule has 1 heterocycles. The van der Waals surface area contributed by atoms with E-state index in [-0.39, 0.29) is 0 Å². The second kappa shape index (κ2) is 6.73. The second-order valence-corrected chi connectivity index (χ2v) is 7.11. The standard InChI is InChI=1S/C24H20O4/c1-15-8-9-18(14-16(15)2)17-10-12-20(13-11-17)24(19-6-4-3-5-7-19)22(26)21(25)23(27)28-24/h3-14,21,25H,1-2H3. The summed E-state index contributed by atoms with van der Waals surface area (Å²) in [4.78, 5) is 24.9. The molecule has 4 rings (SSSR count). The molecule has 1 N–H and O–H groups in total. The van der Waals surface area contributed by atoms with Crippen molar-refractivity contribution >= 4 is 11.8 Å². The number of cyclic esters (lactones) is 1. The number of carbonyl (C=O) groups excluding carboxylic acids is 2. The van der Waals surface area contributed by atoms with Crippen LogP contribution >= 0.6 is 0 Å². The lowest BCUT2D eigenvalue weighted by atomic mass is 9.82. The summed E-state index contributed by atoms with van der Waals surface area (Å²) in [7, 11) is 0. The number of carbonyl (C=O) groups is 2. The zero-order chi connectivity index (χ0) is 19.9. The Balaban J connectivity index is 1.81. The molecular formula is C24H20O4. The van der Waals surface area contributed by atoms with Crippen LogP contribution in [0, 0.1) is 13.8 Å². The highest BCUT2D eigenvalue weighted by molar-refractivity contribution is 6.13. The highest BCUT2D eigenvalue weighted by Gasteiger charge is 2.57. The van der Waals surface area contributed by atoms with E-state index in [1.54, 1.807) is 36.4 Å². The third-order valence-corrected chi connectivity index (χ3v) is 5.38. The molecule has 2 atom stereocenters. The molecule has 0 saturated carbocycles. The Morgan fingerprint density at radius 2 is 1.39 bits per heavy atom. The molecule has 1 saturated heterocycles. The zero-order valence-corrected chi connectivity index (χ0v) is 15.7. The Labute approximate surface area is 163 Å². The van der Waals surface area contributed by atoms with Crippen molar-refractivity contribution in [2.45, 2.75) is 25.6 Å². The molecule has 2 unspecified atom stereocenters. The van der Waals surface area contributed by atoms with Crippen molar-refractivity contribution in [3.8, 4) is 11.1 Å². The Kier molecular flexibility index (Phi) is 4.36. The minimum absolute atomic E-state index is 0.515. The van der Waals surface area contributed by atoms with Gasteiger partial charge in [-0.25, -0.2) is 4.79 Å². The van der Waals surface area contributed by atoms with Crippen LogP contribution in [0.25, 0.3) is 11.1 Å². The number of aliphatic hydroxyl groups excluding tert-OH is 1. The highest BCUT2D eigenvalue weighted by atomic mass is 16.6. The molecule has 28 heavy (non-hydrogen) atoms. The van der Waals surface area contributed by atoms with Gasteiger partial charge in [-0.05, 0) is 36.1 Å². The van der Waals surface area contributed by atoms with Crippen LogP contribution in [-0.2, 0) is 19.9 Å². The van der Waals surface area contributed by atoms with Gasteiger partial charge in [0, 0.05) is 11.1 Å². The minimum Gasteiger partial charge on any atom is -0.439 e. The number of rotatable bonds is 3. The molecule has 0 spiro atoms. The van der Waals surface area contributed by atoms with E-state index in [1.807, 2.05) is 18.2 Å². The molecule has 1 aliphatic rings. The van der Waals surface area contributed by atoms with Gasteiger partial charge in [-0.15, -0.1) is 0 Å². The van der Waals surface area contributed by atoms with E-state index >= 15 is 0 Å². The van der Waals surface area contributed by atoms with Gasteiger partial charge < -0.3 is 9.84 Å². The van der Waals surface area contributed by atoms with Crippen molar-refractivity contribution in [3.63, 3.8) is 0 Å². The Bertz CT molecular complexity index is 1050. The molecule has 0 radical (unpaired) electrons. The lowest BCUT2D eigenvalue weighted by molar-refractivity contribution is -0.151. The lowest BCUT2D eigenvalue weighted by Gasteiger charge is -2.27. The number of hydrogen-bond acceptors (Lipinski definition) is 4. The van der Waals surface area contributed by atoms with Crippen molar-refractivity contribution in [2.75, 3.05) is 0 Å². The number of ether oxygens (including phenoxy) is 1. The van der Waals surface area contributed by atoms with Crippen LogP contribution in [0.2, 0.25) is 0 Å². The number of aliphatic hydroxyl groups is 1. The summed E-state index contributed by atoms with van der Waals surface area (Å²) in [5.74, 6) is -1.59. The molecule has 0 aromatic heterocycles. The second-order valence-electron chi connectivity index (χ2n) is 7.11. The van der Waals surface area contributed by atoms with Crippen LogP contribution in [0.4, 0.5) is 0 Å². The molecule has 1 fully saturated rings. The Morgan fingerprint density at radius 3 is 1.96 bits per heavy atom. The maximum atomic E-state index is 12.9. The summed E-state index contributed by atoms with van der Waals surface area (Å²) in [6, 6.07) is 22.4. The predicted octanol–water partition coefficient (Wildman–Crippen LogP) is 3.70. The topological polar surface area (TPSA) is 63.6 Å². The van der Waals surface area contributed by atoms with Crippen molar-refractivity contribution in [1.29, 1.82) is 0 Å². The van der Waals surface area contributed by atoms with Crippen LogP contribution in [0.3, 0.4) is 0 Å². The van der Waals surface area contributed by atoms with Gasteiger partial charge in [0.1, 0.15) is 0 Å². The fourth-order valence-electron chi connectivity index (χ4n) is 3.62. The van der Waals surface area contributed by atoms with Crippen molar-refractivity contribution in [2.24, 2.45) is 0 Å². The van der Waals surface area contributed by atoms with Crippen molar-refractivity contribution < 1.29 is 19.4 Å². The third kappa shape index (κ3) is 2.74. The van der Waals surface area contributed by atoms with Crippen molar-refractivity contribution in [3.05, 3.63) is 95.1 Å². The number of ketones is 1. The first kappa shape index (κ1) is 18.1. The van der Waals surface area contributed by atoms with Gasteiger partial charge in [0.15, 0.2) is 0 Å². The first-order valence-corrected chi connectivity index (χ1v) is 9.12. The monoisotopic (exact) mass is 372 g/mol. The summed E-state index contributed by atoms with van der Waals surface area (Å²) in [5, 5.41) is 9.99. The van der Waals surface area contributed by atoms with Gasteiger partial charge in [0.2, 0.25) is 17.5 Å². The van der Waals surface area contributed by atoms with Crippen molar-refractivity contribution in [1.82, 2.24) is 0 Å². The SMILES string of the molecule is Cc1ccc(-c2ccc(C3(c4ccccc4)OC(=O)C(O)C3=O)cc2)cc1C. The van der Waals surface area contributed by atoms with Crippen LogP contribution in [-0.4, -0.2) is 23.0 Å². The van der Waals surface area contributed by atoms with Gasteiger partial charge in [-0.2, -0.15) is 0 Å². The summed E-state index contributed by atoms with van der Waals surface area (Å²) in [6.45, 7) is 4.13. The molecule has 0 bridgehead atoms. The molecule has 3 aromatic carbocycles. The molecule has 4 heteroatoms. The van der Waals surface area contributed by atoms with E-state index in [2.05, 4.69) is 32.0 Å². The van der Waals surface area contributed by atoms with E-state index in [9.17, 15) is 14.7 Å². The summed E-state index contributed by atoms with van der Waals surface area (Å²) >= 11 is 0.